The van der Waals surface area contributed by atoms with E-state index in [1.807, 2.05) is 18.2 Å². The van der Waals surface area contributed by atoms with Crippen LogP contribution in [0.4, 0.5) is 0 Å². The van der Waals surface area contributed by atoms with Gasteiger partial charge in [-0.05, 0) is 29.0 Å². The first-order chi connectivity index (χ1) is 11.5. The maximum Gasteiger partial charge on any atom is 0.126 e. The minimum absolute atomic E-state index is 0.190. The summed E-state index contributed by atoms with van der Waals surface area (Å²) >= 11 is 0. The van der Waals surface area contributed by atoms with E-state index in [1.54, 1.807) is 7.11 Å². The molecular formula is C21H28N2O. The largest absolute Gasteiger partial charge is 0.496 e. The lowest BCUT2D eigenvalue weighted by Gasteiger charge is -2.42. The van der Waals surface area contributed by atoms with E-state index < -0.39 is 0 Å². The first kappa shape index (κ1) is 17.0. The first-order valence-electron chi connectivity index (χ1n) is 8.70. The molecule has 0 radical (unpaired) electrons. The second kappa shape index (κ2) is 6.96. The molecule has 128 valence electrons. The molecule has 2 N–H and O–H groups in total. The first-order valence-corrected chi connectivity index (χ1v) is 8.70. The molecule has 1 fully saturated rings. The summed E-state index contributed by atoms with van der Waals surface area (Å²) in [6.07, 6.45) is 1.08. The van der Waals surface area contributed by atoms with Crippen molar-refractivity contribution in [3.05, 3.63) is 54.1 Å². The topological polar surface area (TPSA) is 38.5 Å². The Bertz CT molecular complexity index is 678. The normalized spacial score (nSPS) is 20.8. The molecule has 2 aromatic carbocycles. The van der Waals surface area contributed by atoms with Gasteiger partial charge in [-0.2, -0.15) is 0 Å². The van der Waals surface area contributed by atoms with Crippen molar-refractivity contribution >= 4 is 0 Å². The summed E-state index contributed by atoms with van der Waals surface area (Å²) in [5.74, 6) is 0.914. The van der Waals surface area contributed by atoms with E-state index in [2.05, 4.69) is 49.1 Å². The van der Waals surface area contributed by atoms with Crippen LogP contribution in [-0.4, -0.2) is 31.1 Å². The smallest absolute Gasteiger partial charge is 0.126 e. The molecular weight excluding hydrogens is 296 g/mol. The Labute approximate surface area is 145 Å². The summed E-state index contributed by atoms with van der Waals surface area (Å²) in [6.45, 7) is 7.67. The Morgan fingerprint density at radius 3 is 2.50 bits per heavy atom. The third kappa shape index (κ3) is 3.63. The molecule has 0 spiro atoms. The zero-order valence-corrected chi connectivity index (χ0v) is 15.0. The van der Waals surface area contributed by atoms with Crippen LogP contribution in [0.2, 0.25) is 0 Å². The maximum absolute atomic E-state index is 6.24. The van der Waals surface area contributed by atoms with Crippen molar-refractivity contribution in [2.75, 3.05) is 20.2 Å². The quantitative estimate of drug-likeness (QED) is 0.926. The number of benzene rings is 2. The summed E-state index contributed by atoms with van der Waals surface area (Å²) in [6, 6.07) is 17.3. The number of hydrogen-bond acceptors (Lipinski definition) is 3. The Kier molecular flexibility index (Phi) is 4.93. The van der Waals surface area contributed by atoms with Crippen LogP contribution >= 0.6 is 0 Å². The lowest BCUT2D eigenvalue weighted by Crippen LogP contribution is -2.52. The van der Waals surface area contributed by atoms with Gasteiger partial charge in [-0.15, -0.1) is 0 Å². The van der Waals surface area contributed by atoms with Gasteiger partial charge in [-0.3, -0.25) is 4.90 Å². The van der Waals surface area contributed by atoms with E-state index in [1.165, 1.54) is 11.1 Å². The molecule has 24 heavy (non-hydrogen) atoms. The van der Waals surface area contributed by atoms with Gasteiger partial charge in [-0.25, -0.2) is 0 Å². The molecule has 3 nitrogen and oxygen atoms in total. The highest BCUT2D eigenvalue weighted by Gasteiger charge is 2.33. The standard InChI is InChI=1S/C21H28N2O/c1-21(2)15-23(13-12-20(21)22)14-16-8-10-17(11-9-16)18-6-4-5-7-19(18)24-3/h4-11,20H,12-15,22H2,1-3H3. The lowest BCUT2D eigenvalue weighted by atomic mass is 9.79. The van der Waals surface area contributed by atoms with E-state index in [0.29, 0.717) is 6.04 Å². The summed E-state index contributed by atoms with van der Waals surface area (Å²) in [4.78, 5) is 2.52. The van der Waals surface area contributed by atoms with Crippen LogP contribution in [0.3, 0.4) is 0 Å². The van der Waals surface area contributed by atoms with Gasteiger partial charge >= 0.3 is 0 Å². The summed E-state index contributed by atoms with van der Waals surface area (Å²) in [5, 5.41) is 0. The highest BCUT2D eigenvalue weighted by molar-refractivity contribution is 5.70. The molecule has 1 heterocycles. The fourth-order valence-corrected chi connectivity index (χ4v) is 3.55. The van der Waals surface area contributed by atoms with Crippen molar-refractivity contribution in [2.45, 2.75) is 32.9 Å². The van der Waals surface area contributed by atoms with E-state index in [4.69, 9.17) is 10.5 Å². The van der Waals surface area contributed by atoms with Gasteiger partial charge in [0.05, 0.1) is 7.11 Å². The van der Waals surface area contributed by atoms with Crippen molar-refractivity contribution in [3.63, 3.8) is 0 Å². The van der Waals surface area contributed by atoms with Gasteiger partial charge < -0.3 is 10.5 Å². The molecule has 1 aliphatic rings. The lowest BCUT2D eigenvalue weighted by molar-refractivity contribution is 0.0899. The van der Waals surface area contributed by atoms with E-state index in [0.717, 1.165) is 37.4 Å². The molecule has 1 atom stereocenters. The molecule has 0 amide bonds. The van der Waals surface area contributed by atoms with E-state index in [9.17, 15) is 0 Å². The number of likely N-dealkylation sites (tertiary alicyclic amines) is 1. The molecule has 0 aromatic heterocycles. The van der Waals surface area contributed by atoms with E-state index in [-0.39, 0.29) is 5.41 Å². The van der Waals surface area contributed by atoms with Gasteiger partial charge in [0.25, 0.3) is 0 Å². The van der Waals surface area contributed by atoms with Gasteiger partial charge in [0, 0.05) is 31.2 Å². The van der Waals surface area contributed by atoms with Crippen LogP contribution in [0.5, 0.6) is 5.75 Å². The molecule has 0 saturated carbocycles. The predicted octanol–water partition coefficient (Wildman–Crippen LogP) is 3.92. The van der Waals surface area contributed by atoms with E-state index >= 15 is 0 Å². The van der Waals surface area contributed by atoms with Crippen LogP contribution < -0.4 is 10.5 Å². The average Bonchev–Trinajstić information content (AvgIpc) is 2.58. The highest BCUT2D eigenvalue weighted by atomic mass is 16.5. The molecule has 3 heteroatoms. The van der Waals surface area contributed by atoms with Crippen molar-refractivity contribution < 1.29 is 4.74 Å². The predicted molar refractivity (Wildman–Crippen MR) is 100 cm³/mol. The highest BCUT2D eigenvalue weighted by Crippen LogP contribution is 2.31. The fourth-order valence-electron chi connectivity index (χ4n) is 3.55. The van der Waals surface area contributed by atoms with Crippen molar-refractivity contribution in [1.82, 2.24) is 4.90 Å². The SMILES string of the molecule is COc1ccccc1-c1ccc(CN2CCC(N)C(C)(C)C2)cc1. The number of nitrogens with two attached hydrogens (primary N) is 1. The summed E-state index contributed by atoms with van der Waals surface area (Å²) in [5.41, 5.74) is 10.1. The third-order valence-corrected chi connectivity index (χ3v) is 5.17. The van der Waals surface area contributed by atoms with Crippen LogP contribution in [0.15, 0.2) is 48.5 Å². The van der Waals surface area contributed by atoms with Crippen LogP contribution in [0.25, 0.3) is 11.1 Å². The number of hydrogen-bond donors (Lipinski definition) is 1. The third-order valence-electron chi connectivity index (χ3n) is 5.17. The summed E-state index contributed by atoms with van der Waals surface area (Å²) < 4.78 is 5.46. The number of ether oxygens (including phenoxy) is 1. The molecule has 0 aliphatic carbocycles. The minimum atomic E-state index is 0.190. The van der Waals surface area contributed by atoms with Crippen molar-refractivity contribution in [2.24, 2.45) is 11.1 Å². The number of para-hydroxylation sites is 1. The Balaban J connectivity index is 1.71. The molecule has 0 bridgehead atoms. The zero-order valence-electron chi connectivity index (χ0n) is 15.0. The van der Waals surface area contributed by atoms with Crippen molar-refractivity contribution in [1.29, 1.82) is 0 Å². The second-order valence-electron chi connectivity index (χ2n) is 7.49. The van der Waals surface area contributed by atoms with Gasteiger partial charge in [0.2, 0.25) is 0 Å². The molecule has 2 aromatic rings. The fraction of sp³-hybridized carbons (Fsp3) is 0.429. The second-order valence-corrected chi connectivity index (χ2v) is 7.49. The minimum Gasteiger partial charge on any atom is -0.496 e. The molecule has 1 unspecified atom stereocenters. The maximum atomic E-state index is 6.24. The Hall–Kier alpha value is -1.84. The molecule has 1 aliphatic heterocycles. The van der Waals surface area contributed by atoms with Crippen molar-refractivity contribution in [3.8, 4) is 16.9 Å². The number of nitrogens with zero attached hydrogens (tertiary/aromatic N) is 1. The van der Waals surface area contributed by atoms with Gasteiger partial charge in [0.15, 0.2) is 0 Å². The molecule has 3 rings (SSSR count). The van der Waals surface area contributed by atoms with Crippen LogP contribution in [0.1, 0.15) is 25.8 Å². The zero-order chi connectivity index (χ0) is 17.2. The molecule has 1 saturated heterocycles. The van der Waals surface area contributed by atoms with Gasteiger partial charge in [-0.1, -0.05) is 56.3 Å². The number of rotatable bonds is 4. The monoisotopic (exact) mass is 324 g/mol. The average molecular weight is 324 g/mol. The van der Waals surface area contributed by atoms with Crippen LogP contribution in [-0.2, 0) is 6.54 Å². The van der Waals surface area contributed by atoms with Gasteiger partial charge in [0.1, 0.15) is 5.75 Å². The number of piperidine rings is 1. The van der Waals surface area contributed by atoms with Crippen LogP contribution in [0, 0.1) is 5.41 Å². The Morgan fingerprint density at radius 2 is 1.83 bits per heavy atom. The summed E-state index contributed by atoms with van der Waals surface area (Å²) in [7, 11) is 1.72. The number of methoxy groups -OCH3 is 1. The Morgan fingerprint density at radius 1 is 1.12 bits per heavy atom.